The molecule has 0 radical (unpaired) electrons. The molecule has 3 unspecified atom stereocenters. The number of nitrogens with one attached hydrogen (secondary N) is 1. The number of Topliss-reactive ketones (excluding diaryl/α,β-unsaturated/α-hetero) is 1. The standard InChI is InChI=1S/C12H16F3NO3/c1-2-19-10(18)7-3-4-9(17)8-5-16-6-11(7,8)12(13,14)15/h7-8,16H,2-6H2,1H3. The van der Waals surface area contributed by atoms with Crippen LogP contribution in [0.1, 0.15) is 19.8 Å². The van der Waals surface area contributed by atoms with Crippen LogP contribution in [0.5, 0.6) is 0 Å². The van der Waals surface area contributed by atoms with Crippen LogP contribution >= 0.6 is 0 Å². The van der Waals surface area contributed by atoms with Gasteiger partial charge in [0, 0.05) is 25.4 Å². The molecule has 0 spiro atoms. The summed E-state index contributed by atoms with van der Waals surface area (Å²) in [6.45, 7) is 1.18. The number of halogens is 3. The van der Waals surface area contributed by atoms with Gasteiger partial charge in [-0.2, -0.15) is 13.2 Å². The van der Waals surface area contributed by atoms with Crippen molar-refractivity contribution < 1.29 is 27.5 Å². The van der Waals surface area contributed by atoms with Crippen molar-refractivity contribution in [3.8, 4) is 0 Å². The second-order valence-corrected chi connectivity index (χ2v) is 5.03. The highest BCUT2D eigenvalue weighted by molar-refractivity contribution is 5.87. The number of rotatable bonds is 2. The predicted molar refractivity (Wildman–Crippen MR) is 59.2 cm³/mol. The predicted octanol–water partition coefficient (Wildman–Crippen LogP) is 1.30. The van der Waals surface area contributed by atoms with Crippen LogP contribution in [0, 0.1) is 17.3 Å². The van der Waals surface area contributed by atoms with Crippen LogP contribution in [0.3, 0.4) is 0 Å². The first-order valence-corrected chi connectivity index (χ1v) is 6.31. The van der Waals surface area contributed by atoms with E-state index >= 15 is 0 Å². The number of esters is 1. The lowest BCUT2D eigenvalue weighted by Crippen LogP contribution is -2.57. The van der Waals surface area contributed by atoms with Crippen LogP contribution in [0.15, 0.2) is 0 Å². The molecule has 4 nitrogen and oxygen atoms in total. The molecule has 0 aromatic heterocycles. The first kappa shape index (κ1) is 14.3. The van der Waals surface area contributed by atoms with Gasteiger partial charge in [0.25, 0.3) is 0 Å². The van der Waals surface area contributed by atoms with Gasteiger partial charge >= 0.3 is 12.1 Å². The molecule has 0 bridgehead atoms. The van der Waals surface area contributed by atoms with E-state index in [0.717, 1.165) is 0 Å². The summed E-state index contributed by atoms with van der Waals surface area (Å²) in [5.74, 6) is -3.72. The van der Waals surface area contributed by atoms with Crippen molar-refractivity contribution in [1.82, 2.24) is 5.32 Å². The minimum absolute atomic E-state index is 0.00760. The first-order chi connectivity index (χ1) is 8.84. The molecule has 7 heteroatoms. The zero-order chi connectivity index (χ0) is 14.3. The second kappa shape index (κ2) is 4.77. The van der Waals surface area contributed by atoms with E-state index in [4.69, 9.17) is 4.74 Å². The summed E-state index contributed by atoms with van der Waals surface area (Å²) in [5, 5.41) is 2.62. The largest absolute Gasteiger partial charge is 0.466 e. The number of carbonyl (C=O) groups is 2. The number of fused-ring (bicyclic) bond motifs is 1. The highest BCUT2D eigenvalue weighted by Gasteiger charge is 2.70. The second-order valence-electron chi connectivity index (χ2n) is 5.03. The molecule has 2 rings (SSSR count). The van der Waals surface area contributed by atoms with E-state index < -0.39 is 41.7 Å². The van der Waals surface area contributed by atoms with Crippen molar-refractivity contribution in [2.24, 2.45) is 17.3 Å². The van der Waals surface area contributed by atoms with Crippen LogP contribution in [-0.4, -0.2) is 37.6 Å². The van der Waals surface area contributed by atoms with Crippen molar-refractivity contribution in [1.29, 1.82) is 0 Å². The molecule has 108 valence electrons. The van der Waals surface area contributed by atoms with Crippen molar-refractivity contribution in [3.05, 3.63) is 0 Å². The zero-order valence-corrected chi connectivity index (χ0v) is 10.5. The summed E-state index contributed by atoms with van der Waals surface area (Å²) >= 11 is 0. The highest BCUT2D eigenvalue weighted by atomic mass is 19.4. The van der Waals surface area contributed by atoms with Crippen LogP contribution < -0.4 is 5.32 Å². The Morgan fingerprint density at radius 2 is 2.21 bits per heavy atom. The van der Waals surface area contributed by atoms with Gasteiger partial charge in [-0.25, -0.2) is 0 Å². The van der Waals surface area contributed by atoms with Gasteiger partial charge in [0.15, 0.2) is 0 Å². The van der Waals surface area contributed by atoms with E-state index in [9.17, 15) is 22.8 Å². The zero-order valence-electron chi connectivity index (χ0n) is 10.5. The van der Waals surface area contributed by atoms with Gasteiger partial charge in [-0.05, 0) is 13.3 Å². The summed E-state index contributed by atoms with van der Waals surface area (Å²) in [7, 11) is 0. The average molecular weight is 279 g/mol. The fraction of sp³-hybridized carbons (Fsp3) is 0.833. The summed E-state index contributed by atoms with van der Waals surface area (Å²) in [5.41, 5.74) is -2.30. The van der Waals surface area contributed by atoms with Gasteiger partial charge in [0.2, 0.25) is 0 Å². The SMILES string of the molecule is CCOC(=O)C1CCC(=O)C2CNCC21C(F)(F)F. The quantitative estimate of drug-likeness (QED) is 0.774. The van der Waals surface area contributed by atoms with E-state index in [1.54, 1.807) is 6.92 Å². The van der Waals surface area contributed by atoms with Gasteiger partial charge in [-0.15, -0.1) is 0 Å². The lowest BCUT2D eigenvalue weighted by atomic mass is 9.60. The molecule has 1 N–H and O–H groups in total. The van der Waals surface area contributed by atoms with Crippen molar-refractivity contribution in [3.63, 3.8) is 0 Å². The Morgan fingerprint density at radius 3 is 2.79 bits per heavy atom. The third-order valence-electron chi connectivity index (χ3n) is 4.18. The molecule has 19 heavy (non-hydrogen) atoms. The van der Waals surface area contributed by atoms with Crippen molar-refractivity contribution in [2.75, 3.05) is 19.7 Å². The van der Waals surface area contributed by atoms with E-state index in [0.29, 0.717) is 0 Å². The van der Waals surface area contributed by atoms with Gasteiger partial charge in [0.05, 0.1) is 12.5 Å². The summed E-state index contributed by atoms with van der Waals surface area (Å²) < 4.78 is 45.3. The Bertz CT molecular complexity index is 396. The molecule has 1 saturated carbocycles. The Morgan fingerprint density at radius 1 is 1.53 bits per heavy atom. The number of hydrogen-bond acceptors (Lipinski definition) is 4. The molecule has 3 atom stereocenters. The van der Waals surface area contributed by atoms with Gasteiger partial charge < -0.3 is 10.1 Å². The van der Waals surface area contributed by atoms with Crippen LogP contribution in [0.25, 0.3) is 0 Å². The first-order valence-electron chi connectivity index (χ1n) is 6.31. The molecule has 2 aliphatic rings. The minimum atomic E-state index is -4.60. The fourth-order valence-electron chi connectivity index (χ4n) is 3.28. The molecule has 1 saturated heterocycles. The van der Waals surface area contributed by atoms with Gasteiger partial charge in [-0.1, -0.05) is 0 Å². The number of ether oxygens (including phenoxy) is 1. The van der Waals surface area contributed by atoms with Crippen LogP contribution in [0.2, 0.25) is 0 Å². The molecule has 1 aliphatic heterocycles. The number of alkyl halides is 3. The van der Waals surface area contributed by atoms with Crippen LogP contribution in [-0.2, 0) is 14.3 Å². The van der Waals surface area contributed by atoms with Crippen molar-refractivity contribution >= 4 is 11.8 Å². The van der Waals surface area contributed by atoms with Crippen LogP contribution in [0.4, 0.5) is 13.2 Å². The third kappa shape index (κ3) is 2.04. The third-order valence-corrected chi connectivity index (χ3v) is 4.18. The Balaban J connectivity index is 2.42. The molecule has 0 aromatic carbocycles. The lowest BCUT2D eigenvalue weighted by Gasteiger charge is -2.43. The van der Waals surface area contributed by atoms with Gasteiger partial charge in [-0.3, -0.25) is 9.59 Å². The Labute approximate surface area is 108 Å². The van der Waals surface area contributed by atoms with E-state index in [-0.39, 0.29) is 26.0 Å². The highest BCUT2D eigenvalue weighted by Crippen LogP contribution is 2.56. The molecule has 0 aromatic rings. The Hall–Kier alpha value is -1.11. The smallest absolute Gasteiger partial charge is 0.397 e. The normalized spacial score (nSPS) is 35.1. The molecular formula is C12H16F3NO3. The van der Waals surface area contributed by atoms with Crippen molar-refractivity contribution in [2.45, 2.75) is 25.9 Å². The summed E-state index contributed by atoms with van der Waals surface area (Å²) in [6, 6.07) is 0. The number of carbonyl (C=O) groups excluding carboxylic acids is 2. The maximum atomic E-state index is 13.5. The Kier molecular flexibility index (Phi) is 3.59. The van der Waals surface area contributed by atoms with Gasteiger partial charge in [0.1, 0.15) is 11.2 Å². The molecule has 1 aliphatic carbocycles. The minimum Gasteiger partial charge on any atom is -0.466 e. The topological polar surface area (TPSA) is 55.4 Å². The lowest BCUT2D eigenvalue weighted by molar-refractivity contribution is -0.255. The maximum Gasteiger partial charge on any atom is 0.397 e. The monoisotopic (exact) mass is 279 g/mol. The number of ketones is 1. The maximum absolute atomic E-state index is 13.5. The number of hydrogen-bond donors (Lipinski definition) is 1. The average Bonchev–Trinajstić information content (AvgIpc) is 2.75. The molecule has 2 fully saturated rings. The molecule has 1 heterocycles. The summed E-state index contributed by atoms with van der Waals surface area (Å²) in [4.78, 5) is 23.6. The summed E-state index contributed by atoms with van der Waals surface area (Å²) in [6.07, 6.45) is -4.68. The molecule has 0 amide bonds. The molecular weight excluding hydrogens is 263 g/mol. The van der Waals surface area contributed by atoms with E-state index in [1.165, 1.54) is 0 Å². The van der Waals surface area contributed by atoms with E-state index in [2.05, 4.69) is 5.32 Å². The van der Waals surface area contributed by atoms with E-state index in [1.807, 2.05) is 0 Å². The fourth-order valence-corrected chi connectivity index (χ4v) is 3.28.